The number of rotatable bonds is 5. The van der Waals surface area contributed by atoms with Crippen LogP contribution in [0.1, 0.15) is 5.56 Å². The van der Waals surface area contributed by atoms with Crippen molar-refractivity contribution >= 4 is 27.3 Å². The van der Waals surface area contributed by atoms with Gasteiger partial charge in [0, 0.05) is 12.1 Å². The molecule has 0 aliphatic heterocycles. The van der Waals surface area contributed by atoms with Gasteiger partial charge in [-0.05, 0) is 18.2 Å². The molecule has 108 valence electrons. The van der Waals surface area contributed by atoms with E-state index in [-0.39, 0.29) is 11.6 Å². The highest BCUT2D eigenvalue weighted by molar-refractivity contribution is 7.92. The van der Waals surface area contributed by atoms with Crippen molar-refractivity contribution in [2.24, 2.45) is 5.73 Å². The number of methoxy groups -OCH3 is 1. The maximum absolute atomic E-state index is 12.2. The van der Waals surface area contributed by atoms with Crippen molar-refractivity contribution in [2.75, 3.05) is 11.8 Å². The Kier molecular flexibility index (Phi) is 4.17. The summed E-state index contributed by atoms with van der Waals surface area (Å²) in [6.45, 7) is 0.0656. The summed E-state index contributed by atoms with van der Waals surface area (Å²) in [5.74, 6) is 0.457. The molecule has 0 saturated heterocycles. The lowest BCUT2D eigenvalue weighted by atomic mass is 10.3. The van der Waals surface area contributed by atoms with Gasteiger partial charge in [-0.1, -0.05) is 11.6 Å². The zero-order valence-electron chi connectivity index (χ0n) is 10.6. The monoisotopic (exact) mass is 316 g/mol. The molecule has 4 N–H and O–H groups in total. The van der Waals surface area contributed by atoms with Gasteiger partial charge >= 0.3 is 0 Å². The van der Waals surface area contributed by atoms with Crippen LogP contribution in [0.4, 0.5) is 5.69 Å². The normalized spacial score (nSPS) is 11.3. The Hall–Kier alpha value is -1.77. The lowest BCUT2D eigenvalue weighted by Gasteiger charge is -2.09. The second kappa shape index (κ2) is 5.70. The molecule has 0 fully saturated rings. The summed E-state index contributed by atoms with van der Waals surface area (Å²) in [5, 5.41) is 6.33. The summed E-state index contributed by atoms with van der Waals surface area (Å²) in [7, 11) is -2.32. The lowest BCUT2D eigenvalue weighted by Crippen LogP contribution is -2.16. The van der Waals surface area contributed by atoms with Crippen LogP contribution in [-0.4, -0.2) is 25.7 Å². The number of nitrogens with zero attached hydrogens (tertiary/aromatic N) is 1. The molecule has 1 aromatic carbocycles. The van der Waals surface area contributed by atoms with Crippen LogP contribution in [0.15, 0.2) is 29.4 Å². The summed E-state index contributed by atoms with van der Waals surface area (Å²) in [5.41, 5.74) is 6.17. The number of aromatic nitrogens is 2. The number of aromatic amines is 1. The quantitative estimate of drug-likeness (QED) is 0.770. The largest absolute Gasteiger partial charge is 0.495 e. The van der Waals surface area contributed by atoms with E-state index in [2.05, 4.69) is 14.9 Å². The van der Waals surface area contributed by atoms with Crippen molar-refractivity contribution < 1.29 is 13.2 Å². The molecule has 0 spiro atoms. The summed E-state index contributed by atoms with van der Waals surface area (Å²) in [4.78, 5) is 0. The molecule has 1 heterocycles. The van der Waals surface area contributed by atoms with E-state index in [4.69, 9.17) is 22.1 Å². The molecular formula is C11H13ClN4O3S. The number of nitrogens with two attached hydrogens (primary N) is 1. The molecule has 2 rings (SSSR count). The van der Waals surface area contributed by atoms with Gasteiger partial charge < -0.3 is 10.5 Å². The molecular weight excluding hydrogens is 304 g/mol. The van der Waals surface area contributed by atoms with Crippen molar-refractivity contribution in [3.63, 3.8) is 0 Å². The molecule has 0 amide bonds. The highest BCUT2D eigenvalue weighted by Gasteiger charge is 2.20. The van der Waals surface area contributed by atoms with Crippen LogP contribution in [0.3, 0.4) is 0 Å². The third-order valence-electron chi connectivity index (χ3n) is 2.57. The molecule has 0 unspecified atom stereocenters. The molecule has 0 aliphatic rings. The van der Waals surface area contributed by atoms with Gasteiger partial charge in [0.25, 0.3) is 10.0 Å². The number of sulfonamides is 1. The van der Waals surface area contributed by atoms with E-state index in [1.807, 2.05) is 0 Å². The van der Waals surface area contributed by atoms with Crippen LogP contribution in [0.25, 0.3) is 0 Å². The van der Waals surface area contributed by atoms with Crippen LogP contribution in [-0.2, 0) is 16.6 Å². The Balaban J connectivity index is 2.31. The van der Waals surface area contributed by atoms with E-state index < -0.39 is 10.0 Å². The second-order valence-corrected chi connectivity index (χ2v) is 5.91. The van der Waals surface area contributed by atoms with Crippen LogP contribution in [0, 0.1) is 0 Å². The highest BCUT2D eigenvalue weighted by Crippen LogP contribution is 2.28. The van der Waals surface area contributed by atoms with E-state index in [0.29, 0.717) is 22.0 Å². The fraction of sp³-hybridized carbons (Fsp3) is 0.182. The summed E-state index contributed by atoms with van der Waals surface area (Å²) in [6, 6.07) is 4.56. The molecule has 20 heavy (non-hydrogen) atoms. The number of H-pyrrole nitrogens is 1. The third kappa shape index (κ3) is 2.87. The molecule has 1 aromatic heterocycles. The predicted molar refractivity (Wildman–Crippen MR) is 75.3 cm³/mol. The fourth-order valence-corrected chi connectivity index (χ4v) is 3.06. The Morgan fingerprint density at radius 1 is 1.50 bits per heavy atom. The van der Waals surface area contributed by atoms with Gasteiger partial charge in [-0.2, -0.15) is 13.5 Å². The maximum atomic E-state index is 12.2. The average molecular weight is 317 g/mol. The van der Waals surface area contributed by atoms with Crippen molar-refractivity contribution in [2.45, 2.75) is 11.6 Å². The van der Waals surface area contributed by atoms with Crippen LogP contribution in [0.5, 0.6) is 5.75 Å². The van der Waals surface area contributed by atoms with Crippen molar-refractivity contribution in [1.82, 2.24) is 10.2 Å². The smallest absolute Gasteiger partial charge is 0.279 e. The van der Waals surface area contributed by atoms with Crippen LogP contribution < -0.4 is 15.2 Å². The van der Waals surface area contributed by atoms with Gasteiger partial charge in [-0.3, -0.25) is 9.82 Å². The number of benzene rings is 1. The molecule has 0 aliphatic carbocycles. The zero-order valence-corrected chi connectivity index (χ0v) is 12.1. The first kappa shape index (κ1) is 14.6. The second-order valence-electron chi connectivity index (χ2n) is 3.88. The van der Waals surface area contributed by atoms with E-state index in [0.717, 1.165) is 0 Å². The zero-order chi connectivity index (χ0) is 14.8. The molecule has 0 saturated carbocycles. The SMILES string of the molecule is COc1ccc(NS(=O)(=O)c2[nH]ncc2CN)cc1Cl. The van der Waals surface area contributed by atoms with E-state index >= 15 is 0 Å². The van der Waals surface area contributed by atoms with E-state index in [1.54, 1.807) is 12.1 Å². The van der Waals surface area contributed by atoms with Crippen molar-refractivity contribution in [3.8, 4) is 5.75 Å². The van der Waals surface area contributed by atoms with Crippen LogP contribution in [0.2, 0.25) is 5.02 Å². The Bertz CT molecular complexity index is 714. The summed E-state index contributed by atoms with van der Waals surface area (Å²) < 4.78 is 31.8. The Morgan fingerprint density at radius 3 is 2.85 bits per heavy atom. The van der Waals surface area contributed by atoms with E-state index in [1.165, 1.54) is 19.4 Å². The van der Waals surface area contributed by atoms with Gasteiger partial charge in [-0.15, -0.1) is 0 Å². The Labute approximate surface area is 121 Å². The minimum atomic E-state index is -3.80. The van der Waals surface area contributed by atoms with Gasteiger partial charge in [0.1, 0.15) is 5.75 Å². The van der Waals surface area contributed by atoms with Gasteiger partial charge in [0.05, 0.1) is 24.0 Å². The first-order chi connectivity index (χ1) is 9.47. The molecule has 0 bridgehead atoms. The van der Waals surface area contributed by atoms with Gasteiger partial charge in [-0.25, -0.2) is 0 Å². The Morgan fingerprint density at radius 2 is 2.25 bits per heavy atom. The standard InChI is InChI=1S/C11H13ClN4O3S/c1-19-10-3-2-8(4-9(10)12)16-20(17,18)11-7(5-13)6-14-15-11/h2-4,6,16H,5,13H2,1H3,(H,14,15). The maximum Gasteiger partial charge on any atom is 0.279 e. The van der Waals surface area contributed by atoms with E-state index in [9.17, 15) is 8.42 Å². The minimum Gasteiger partial charge on any atom is -0.495 e. The van der Waals surface area contributed by atoms with Crippen LogP contribution >= 0.6 is 11.6 Å². The van der Waals surface area contributed by atoms with Crippen molar-refractivity contribution in [1.29, 1.82) is 0 Å². The number of halogens is 1. The topological polar surface area (TPSA) is 110 Å². The third-order valence-corrected chi connectivity index (χ3v) is 4.26. The highest BCUT2D eigenvalue weighted by atomic mass is 35.5. The average Bonchev–Trinajstić information content (AvgIpc) is 2.87. The predicted octanol–water partition coefficient (Wildman–Crippen LogP) is 1.33. The first-order valence-electron chi connectivity index (χ1n) is 5.56. The molecule has 7 nitrogen and oxygen atoms in total. The number of hydrogen-bond acceptors (Lipinski definition) is 5. The number of hydrogen-bond donors (Lipinski definition) is 3. The molecule has 2 aromatic rings. The molecule has 0 atom stereocenters. The molecule has 0 radical (unpaired) electrons. The summed E-state index contributed by atoms with van der Waals surface area (Å²) >= 11 is 5.94. The lowest BCUT2D eigenvalue weighted by molar-refractivity contribution is 0.415. The van der Waals surface area contributed by atoms with Gasteiger partial charge in [0.15, 0.2) is 5.03 Å². The summed E-state index contributed by atoms with van der Waals surface area (Å²) in [6.07, 6.45) is 1.37. The fourth-order valence-electron chi connectivity index (χ4n) is 1.61. The minimum absolute atomic E-state index is 0.0630. The molecule has 9 heteroatoms. The number of ether oxygens (including phenoxy) is 1. The number of anilines is 1. The van der Waals surface area contributed by atoms with Crippen molar-refractivity contribution in [3.05, 3.63) is 35.0 Å². The first-order valence-corrected chi connectivity index (χ1v) is 7.42. The van der Waals surface area contributed by atoms with Gasteiger partial charge in [0.2, 0.25) is 0 Å². The number of nitrogens with one attached hydrogen (secondary N) is 2.